The number of nitrogens with zero attached hydrogens (tertiary/aromatic N) is 1. The minimum atomic E-state index is -0.666. The molecular formula is C54H37NO. The van der Waals surface area contributed by atoms with Crippen molar-refractivity contribution in [2.45, 2.75) is 0 Å². The van der Waals surface area contributed by atoms with E-state index in [1.165, 1.54) is 0 Å². The molecule has 0 atom stereocenters. The first-order valence-corrected chi connectivity index (χ1v) is 18.2. The van der Waals surface area contributed by atoms with Crippen molar-refractivity contribution in [3.05, 3.63) is 224 Å². The molecule has 0 aliphatic carbocycles. The molecule has 1 aromatic heterocycles. The molecule has 264 valence electrons. The van der Waals surface area contributed by atoms with Crippen LogP contribution >= 0.6 is 0 Å². The van der Waals surface area contributed by atoms with Crippen molar-refractivity contribution in [2.75, 3.05) is 4.90 Å². The third kappa shape index (κ3) is 6.34. The Labute approximate surface area is 342 Å². The molecule has 0 saturated carbocycles. The van der Waals surface area contributed by atoms with Crippen molar-refractivity contribution >= 4 is 39.0 Å². The van der Waals surface area contributed by atoms with Gasteiger partial charge < -0.3 is 9.32 Å². The number of furan rings is 1. The fourth-order valence-electron chi connectivity index (χ4n) is 7.08. The summed E-state index contributed by atoms with van der Waals surface area (Å²) < 4.78 is 104. The Hall–Kier alpha value is -7.42. The molecule has 0 aliphatic heterocycles. The van der Waals surface area contributed by atoms with Gasteiger partial charge in [-0.25, -0.2) is 0 Å². The molecule has 0 unspecified atom stereocenters. The fraction of sp³-hybridized carbons (Fsp3) is 0. The standard InChI is InChI=1S/C54H37NO/c1-4-11-38(12-5-1)41-19-23-43(24-20-41)45-27-32-48(33-28-45)55(49-34-29-46(30-35-49)44-25-21-42(22-26-44)39-13-6-2-7-14-39)51-17-10-18-52-54(51)50-36-31-47(37-53(50)56-52)40-15-8-3-9-16-40/h1-37H/i3D,8D,9D,10D,15D,16D,17D,18D,31D,36D,37D. The van der Waals surface area contributed by atoms with Crippen LogP contribution in [0.3, 0.4) is 0 Å². The van der Waals surface area contributed by atoms with Crippen LogP contribution in [-0.2, 0) is 0 Å². The summed E-state index contributed by atoms with van der Waals surface area (Å²) in [6.45, 7) is 0. The lowest BCUT2D eigenvalue weighted by molar-refractivity contribution is 0.669. The van der Waals surface area contributed by atoms with Gasteiger partial charge in [0.15, 0.2) is 0 Å². The Morgan fingerprint density at radius 2 is 0.786 bits per heavy atom. The number of hydrogen-bond acceptors (Lipinski definition) is 2. The highest BCUT2D eigenvalue weighted by Gasteiger charge is 2.20. The SMILES string of the molecule is [2H]c1c([2H])c([2H])c(-c2c([2H])c([2H])c3c(oc4c([2H])c([2H])c([2H])c(N(c5ccc(-c6ccc(-c7ccccc7)cc6)cc5)c5ccc(-c6ccc(-c7ccccc7)cc6)cc5)c43)c2[2H])c([2H])c1[2H]. The summed E-state index contributed by atoms with van der Waals surface area (Å²) in [5.41, 5.74) is 7.97. The van der Waals surface area contributed by atoms with E-state index in [1.807, 2.05) is 109 Å². The van der Waals surface area contributed by atoms with Gasteiger partial charge in [0.25, 0.3) is 0 Å². The predicted octanol–water partition coefficient (Wildman–Crippen LogP) is 15.4. The topological polar surface area (TPSA) is 16.4 Å². The first-order valence-electron chi connectivity index (χ1n) is 23.7. The third-order valence-electron chi connectivity index (χ3n) is 9.93. The molecule has 10 aromatic rings. The summed E-state index contributed by atoms with van der Waals surface area (Å²) in [5, 5.41) is -0.0462. The van der Waals surface area contributed by atoms with Gasteiger partial charge in [0, 0.05) is 16.8 Å². The van der Waals surface area contributed by atoms with Crippen LogP contribution in [0.2, 0.25) is 0 Å². The van der Waals surface area contributed by atoms with E-state index in [2.05, 4.69) is 48.5 Å². The molecule has 0 fully saturated rings. The highest BCUT2D eigenvalue weighted by molar-refractivity contribution is 6.14. The minimum Gasteiger partial charge on any atom is -0.456 e. The van der Waals surface area contributed by atoms with Crippen molar-refractivity contribution in [3.8, 4) is 55.6 Å². The second kappa shape index (κ2) is 14.4. The molecule has 0 N–H and O–H groups in total. The molecular weight excluding hydrogens is 679 g/mol. The van der Waals surface area contributed by atoms with Gasteiger partial charge >= 0.3 is 0 Å². The average Bonchev–Trinajstić information content (AvgIpc) is 3.78. The van der Waals surface area contributed by atoms with E-state index in [0.717, 1.165) is 44.5 Å². The molecule has 56 heavy (non-hydrogen) atoms. The van der Waals surface area contributed by atoms with E-state index in [1.54, 1.807) is 4.90 Å². The molecule has 2 nitrogen and oxygen atoms in total. The van der Waals surface area contributed by atoms with Gasteiger partial charge in [0.05, 0.1) is 26.2 Å². The Morgan fingerprint density at radius 3 is 1.27 bits per heavy atom. The lowest BCUT2D eigenvalue weighted by Crippen LogP contribution is -2.10. The zero-order valence-corrected chi connectivity index (χ0v) is 29.9. The van der Waals surface area contributed by atoms with Crippen LogP contribution in [-0.4, -0.2) is 0 Å². The molecule has 0 spiro atoms. The molecule has 0 amide bonds. The first-order chi connectivity index (χ1) is 32.3. The molecule has 2 heteroatoms. The number of hydrogen-bond donors (Lipinski definition) is 0. The molecule has 0 bridgehead atoms. The van der Waals surface area contributed by atoms with Gasteiger partial charge in [-0.05, 0) is 104 Å². The highest BCUT2D eigenvalue weighted by Crippen LogP contribution is 2.44. The van der Waals surface area contributed by atoms with Crippen molar-refractivity contribution in [1.29, 1.82) is 0 Å². The summed E-state index contributed by atoms with van der Waals surface area (Å²) in [5.74, 6) is 0. The highest BCUT2D eigenvalue weighted by atomic mass is 16.3. The number of rotatable bonds is 8. The first kappa shape index (κ1) is 23.4. The second-order valence-electron chi connectivity index (χ2n) is 13.3. The lowest BCUT2D eigenvalue weighted by atomic mass is 9.99. The van der Waals surface area contributed by atoms with Crippen LogP contribution in [0.4, 0.5) is 17.1 Å². The summed E-state index contributed by atoms with van der Waals surface area (Å²) in [6, 6.07) is 45.7. The maximum Gasteiger partial charge on any atom is 0.137 e. The molecule has 10 rings (SSSR count). The summed E-state index contributed by atoms with van der Waals surface area (Å²) in [6.07, 6.45) is 0. The smallest absolute Gasteiger partial charge is 0.137 e. The van der Waals surface area contributed by atoms with Crippen LogP contribution in [0.1, 0.15) is 15.1 Å². The number of benzene rings is 9. The van der Waals surface area contributed by atoms with Crippen LogP contribution < -0.4 is 4.90 Å². The molecule has 0 aliphatic rings. The van der Waals surface area contributed by atoms with Gasteiger partial charge in [-0.3, -0.25) is 0 Å². The van der Waals surface area contributed by atoms with Crippen LogP contribution in [0, 0.1) is 0 Å². The molecule has 0 radical (unpaired) electrons. The maximum atomic E-state index is 9.52. The van der Waals surface area contributed by atoms with Crippen LogP contribution in [0.5, 0.6) is 0 Å². The van der Waals surface area contributed by atoms with Crippen LogP contribution in [0.15, 0.2) is 229 Å². The van der Waals surface area contributed by atoms with Gasteiger partial charge in [-0.2, -0.15) is 0 Å². The summed E-state index contributed by atoms with van der Waals surface area (Å²) >= 11 is 0. The van der Waals surface area contributed by atoms with E-state index in [9.17, 15) is 5.48 Å². The number of fused-ring (bicyclic) bond motifs is 3. The van der Waals surface area contributed by atoms with Gasteiger partial charge in [-0.1, -0.05) is 176 Å². The van der Waals surface area contributed by atoms with E-state index in [-0.39, 0.29) is 33.7 Å². The molecule has 9 aromatic carbocycles. The van der Waals surface area contributed by atoms with Crippen molar-refractivity contribution in [3.63, 3.8) is 0 Å². The average molecular weight is 727 g/mol. The van der Waals surface area contributed by atoms with Crippen molar-refractivity contribution < 1.29 is 19.5 Å². The van der Waals surface area contributed by atoms with Gasteiger partial charge in [0.1, 0.15) is 11.2 Å². The zero-order chi connectivity index (χ0) is 46.8. The fourth-order valence-corrected chi connectivity index (χ4v) is 7.08. The summed E-state index contributed by atoms with van der Waals surface area (Å²) in [7, 11) is 0. The largest absolute Gasteiger partial charge is 0.456 e. The van der Waals surface area contributed by atoms with Crippen molar-refractivity contribution in [1.82, 2.24) is 0 Å². The lowest BCUT2D eigenvalue weighted by Gasteiger charge is -2.26. The Kier molecular flexibility index (Phi) is 6.03. The summed E-state index contributed by atoms with van der Waals surface area (Å²) in [4.78, 5) is 1.75. The number of anilines is 3. The third-order valence-corrected chi connectivity index (χ3v) is 9.93. The Morgan fingerprint density at radius 1 is 0.339 bits per heavy atom. The van der Waals surface area contributed by atoms with E-state index in [0.29, 0.717) is 11.4 Å². The quantitative estimate of drug-likeness (QED) is 0.155. The Bertz CT molecular complexity index is 3390. The van der Waals surface area contributed by atoms with E-state index < -0.39 is 71.6 Å². The monoisotopic (exact) mass is 726 g/mol. The molecule has 1 heterocycles. The van der Waals surface area contributed by atoms with Gasteiger partial charge in [-0.15, -0.1) is 0 Å². The Balaban J connectivity index is 1.16. The maximum absolute atomic E-state index is 9.52. The van der Waals surface area contributed by atoms with Gasteiger partial charge in [0.2, 0.25) is 0 Å². The van der Waals surface area contributed by atoms with Crippen molar-refractivity contribution in [2.24, 2.45) is 0 Å². The zero-order valence-electron chi connectivity index (χ0n) is 40.9. The second-order valence-corrected chi connectivity index (χ2v) is 13.3. The normalized spacial score (nSPS) is 14.0. The predicted molar refractivity (Wildman–Crippen MR) is 236 cm³/mol. The van der Waals surface area contributed by atoms with E-state index in [4.69, 9.17) is 14.0 Å². The minimum absolute atomic E-state index is 0.0433. The van der Waals surface area contributed by atoms with E-state index >= 15 is 0 Å². The van der Waals surface area contributed by atoms with Crippen LogP contribution in [0.25, 0.3) is 77.6 Å². The molecule has 0 saturated heterocycles.